The number of aromatic nitrogens is 2. The topological polar surface area (TPSA) is 72.3 Å². The van der Waals surface area contributed by atoms with Gasteiger partial charge in [-0.15, -0.1) is 5.10 Å². The van der Waals surface area contributed by atoms with E-state index in [1.165, 1.54) is 12.3 Å². The molecule has 0 fully saturated rings. The number of halogens is 1. The smallest absolute Gasteiger partial charge is 0.341 e. The van der Waals surface area contributed by atoms with Gasteiger partial charge in [-0.1, -0.05) is 17.7 Å². The first-order chi connectivity index (χ1) is 8.58. The lowest BCUT2D eigenvalue weighted by Crippen LogP contribution is -2.03. The first-order valence-electron chi connectivity index (χ1n) is 5.07. The van der Waals surface area contributed by atoms with Crippen molar-refractivity contribution < 1.29 is 14.6 Å². The monoisotopic (exact) mass is 264 g/mol. The summed E-state index contributed by atoms with van der Waals surface area (Å²) in [6, 6.07) is 6.48. The molecule has 92 valence electrons. The fraction of sp³-hybridized carbons (Fsp3) is 0.0833. The van der Waals surface area contributed by atoms with Gasteiger partial charge in [0.1, 0.15) is 11.3 Å². The van der Waals surface area contributed by atoms with Gasteiger partial charge in [-0.2, -0.15) is 5.10 Å². The molecule has 0 aliphatic carbocycles. The third kappa shape index (κ3) is 2.57. The fourth-order valence-corrected chi connectivity index (χ4v) is 1.62. The van der Waals surface area contributed by atoms with Crippen LogP contribution in [-0.4, -0.2) is 21.3 Å². The number of rotatable bonds is 3. The molecule has 2 rings (SSSR count). The predicted molar refractivity (Wildman–Crippen MR) is 65.3 cm³/mol. The molecule has 0 saturated carbocycles. The number of aryl methyl sites for hydroxylation is 1. The highest BCUT2D eigenvalue weighted by molar-refractivity contribution is 6.32. The van der Waals surface area contributed by atoms with Crippen LogP contribution >= 0.6 is 11.6 Å². The molecule has 1 N–H and O–H groups in total. The summed E-state index contributed by atoms with van der Waals surface area (Å²) in [5.74, 6) is -0.885. The van der Waals surface area contributed by atoms with Gasteiger partial charge < -0.3 is 9.84 Å². The maximum atomic E-state index is 11.0. The number of benzene rings is 1. The van der Waals surface area contributed by atoms with Crippen LogP contribution in [-0.2, 0) is 0 Å². The largest absolute Gasteiger partial charge is 0.477 e. The van der Waals surface area contributed by atoms with E-state index in [4.69, 9.17) is 21.4 Å². The minimum atomic E-state index is -1.14. The number of hydrogen-bond donors (Lipinski definition) is 1. The van der Waals surface area contributed by atoms with Crippen LogP contribution in [0.5, 0.6) is 11.6 Å². The Hall–Kier alpha value is -2.14. The highest BCUT2D eigenvalue weighted by Crippen LogP contribution is 2.30. The highest BCUT2D eigenvalue weighted by atomic mass is 35.5. The zero-order valence-electron chi connectivity index (χ0n) is 9.42. The Bertz CT molecular complexity index is 602. The summed E-state index contributed by atoms with van der Waals surface area (Å²) in [5, 5.41) is 16.6. The Morgan fingerprint density at radius 2 is 2.17 bits per heavy atom. The summed E-state index contributed by atoms with van der Waals surface area (Å²) in [4.78, 5) is 11.0. The molecule has 0 spiro atoms. The summed E-state index contributed by atoms with van der Waals surface area (Å²) in [6.45, 7) is 1.89. The molecule has 0 amide bonds. The molecule has 2 aromatic rings. The molecule has 0 aliphatic heterocycles. The molecule has 6 heteroatoms. The summed E-state index contributed by atoms with van der Waals surface area (Å²) in [5.41, 5.74) is 0.909. The van der Waals surface area contributed by atoms with Crippen LogP contribution in [0.15, 0.2) is 30.5 Å². The van der Waals surface area contributed by atoms with Crippen molar-refractivity contribution in [2.75, 3.05) is 0 Å². The van der Waals surface area contributed by atoms with E-state index in [9.17, 15) is 4.79 Å². The standard InChI is InChI=1S/C12H9ClN2O3/c1-7-2-3-10(9(13)6-7)18-11-8(12(16)17)4-5-14-15-11/h2-6H,1H3,(H,16,17). The molecular weight excluding hydrogens is 256 g/mol. The lowest BCUT2D eigenvalue weighted by Gasteiger charge is -2.08. The Morgan fingerprint density at radius 3 is 2.83 bits per heavy atom. The second-order valence-electron chi connectivity index (χ2n) is 3.59. The van der Waals surface area contributed by atoms with Crippen molar-refractivity contribution in [2.45, 2.75) is 6.92 Å². The average molecular weight is 265 g/mol. The van der Waals surface area contributed by atoms with Crippen LogP contribution in [0.2, 0.25) is 5.02 Å². The second kappa shape index (κ2) is 5.01. The van der Waals surface area contributed by atoms with Crippen LogP contribution in [0.1, 0.15) is 15.9 Å². The van der Waals surface area contributed by atoms with Gasteiger partial charge in [-0.05, 0) is 30.7 Å². The highest BCUT2D eigenvalue weighted by Gasteiger charge is 2.14. The van der Waals surface area contributed by atoms with Crippen molar-refractivity contribution >= 4 is 17.6 Å². The molecule has 0 saturated heterocycles. The molecule has 1 heterocycles. The maximum absolute atomic E-state index is 11.0. The second-order valence-corrected chi connectivity index (χ2v) is 4.00. The summed E-state index contributed by atoms with van der Waals surface area (Å²) < 4.78 is 5.37. The quantitative estimate of drug-likeness (QED) is 0.923. The van der Waals surface area contributed by atoms with Crippen LogP contribution in [0.3, 0.4) is 0 Å². The molecule has 0 bridgehead atoms. The summed E-state index contributed by atoms with van der Waals surface area (Å²) in [7, 11) is 0. The summed E-state index contributed by atoms with van der Waals surface area (Å²) in [6.07, 6.45) is 1.28. The van der Waals surface area contributed by atoms with E-state index in [1.54, 1.807) is 18.2 Å². The van der Waals surface area contributed by atoms with E-state index in [0.29, 0.717) is 10.8 Å². The first kappa shape index (κ1) is 12.3. The molecular formula is C12H9ClN2O3. The molecule has 18 heavy (non-hydrogen) atoms. The molecule has 0 aliphatic rings. The number of aromatic carboxylic acids is 1. The SMILES string of the molecule is Cc1ccc(Oc2nnccc2C(=O)O)c(Cl)c1. The fourth-order valence-electron chi connectivity index (χ4n) is 1.35. The predicted octanol–water partition coefficient (Wildman–Crippen LogP) is 2.93. The van der Waals surface area contributed by atoms with E-state index >= 15 is 0 Å². The van der Waals surface area contributed by atoms with Gasteiger partial charge in [0.25, 0.3) is 5.88 Å². The Kier molecular flexibility index (Phi) is 3.43. The van der Waals surface area contributed by atoms with E-state index in [1.807, 2.05) is 6.92 Å². The zero-order chi connectivity index (χ0) is 13.1. The third-order valence-electron chi connectivity index (χ3n) is 2.21. The van der Waals surface area contributed by atoms with Crippen molar-refractivity contribution in [3.8, 4) is 11.6 Å². The van der Waals surface area contributed by atoms with Crippen molar-refractivity contribution in [1.29, 1.82) is 0 Å². The maximum Gasteiger partial charge on any atom is 0.341 e. The minimum Gasteiger partial charge on any atom is -0.477 e. The number of carboxylic acid groups (broad SMARTS) is 1. The van der Waals surface area contributed by atoms with E-state index < -0.39 is 5.97 Å². The number of carbonyl (C=O) groups is 1. The Labute approximate surface area is 108 Å². The van der Waals surface area contributed by atoms with Gasteiger partial charge in [-0.3, -0.25) is 0 Å². The van der Waals surface area contributed by atoms with Gasteiger partial charge in [0.05, 0.1) is 11.2 Å². The number of nitrogens with zero attached hydrogens (tertiary/aromatic N) is 2. The van der Waals surface area contributed by atoms with Gasteiger partial charge in [0.15, 0.2) is 0 Å². The van der Waals surface area contributed by atoms with Crippen LogP contribution in [0.25, 0.3) is 0 Å². The van der Waals surface area contributed by atoms with Gasteiger partial charge in [0.2, 0.25) is 0 Å². The van der Waals surface area contributed by atoms with Gasteiger partial charge in [-0.25, -0.2) is 4.79 Å². The third-order valence-corrected chi connectivity index (χ3v) is 2.51. The average Bonchev–Trinajstić information content (AvgIpc) is 2.33. The van der Waals surface area contributed by atoms with E-state index in [-0.39, 0.29) is 11.4 Å². The number of carboxylic acids is 1. The molecule has 1 aromatic carbocycles. The lowest BCUT2D eigenvalue weighted by molar-refractivity contribution is 0.0693. The number of ether oxygens (including phenoxy) is 1. The molecule has 1 aromatic heterocycles. The molecule has 5 nitrogen and oxygen atoms in total. The van der Waals surface area contributed by atoms with E-state index in [2.05, 4.69) is 10.2 Å². The van der Waals surface area contributed by atoms with Crippen molar-refractivity contribution in [1.82, 2.24) is 10.2 Å². The lowest BCUT2D eigenvalue weighted by atomic mass is 10.2. The van der Waals surface area contributed by atoms with E-state index in [0.717, 1.165) is 5.56 Å². The summed E-state index contributed by atoms with van der Waals surface area (Å²) >= 11 is 5.99. The van der Waals surface area contributed by atoms with Crippen molar-refractivity contribution in [3.63, 3.8) is 0 Å². The minimum absolute atomic E-state index is 0.0679. The van der Waals surface area contributed by atoms with Crippen LogP contribution in [0.4, 0.5) is 0 Å². The number of hydrogen-bond acceptors (Lipinski definition) is 4. The Morgan fingerprint density at radius 1 is 1.39 bits per heavy atom. The molecule has 0 radical (unpaired) electrons. The van der Waals surface area contributed by atoms with Crippen LogP contribution in [0, 0.1) is 6.92 Å². The van der Waals surface area contributed by atoms with Crippen molar-refractivity contribution in [3.05, 3.63) is 46.6 Å². The van der Waals surface area contributed by atoms with Crippen LogP contribution < -0.4 is 4.74 Å². The Balaban J connectivity index is 2.37. The molecule has 0 atom stereocenters. The zero-order valence-corrected chi connectivity index (χ0v) is 10.2. The molecule has 0 unspecified atom stereocenters. The van der Waals surface area contributed by atoms with Gasteiger partial charge in [0, 0.05) is 0 Å². The van der Waals surface area contributed by atoms with Crippen molar-refractivity contribution in [2.24, 2.45) is 0 Å². The first-order valence-corrected chi connectivity index (χ1v) is 5.44. The van der Waals surface area contributed by atoms with Gasteiger partial charge >= 0.3 is 5.97 Å². The normalized spacial score (nSPS) is 10.1.